The van der Waals surface area contributed by atoms with Gasteiger partial charge in [-0.15, -0.1) is 12.6 Å². The molecule has 0 spiro atoms. The molecule has 0 radical (unpaired) electrons. The molecule has 1 rings (SSSR count). The summed E-state index contributed by atoms with van der Waals surface area (Å²) in [4.78, 5) is 0. The topological polar surface area (TPSA) is 64.5 Å². The van der Waals surface area contributed by atoms with Crippen LogP contribution in [0.15, 0.2) is 5.10 Å². The first-order valence-corrected chi connectivity index (χ1v) is 7.94. The predicted octanol–water partition coefficient (Wildman–Crippen LogP) is -2.10. The number of thiol groups is 1. The molecule has 0 amide bonds. The number of unbranched alkanes of at least 4 members (excludes halogenated alkanes) is 1. The number of rotatable bonds is 5. The van der Waals surface area contributed by atoms with Gasteiger partial charge < -0.3 is 4.55 Å². The molecule has 82 valence electrons. The Kier molecular flexibility index (Phi) is 7.76. The summed E-state index contributed by atoms with van der Waals surface area (Å²) in [5.74, 6) is 0.0672. The summed E-state index contributed by atoms with van der Waals surface area (Å²) >= 11 is 10.1. The molecule has 0 fully saturated rings. The zero-order valence-corrected chi connectivity index (χ0v) is 13.7. The van der Waals surface area contributed by atoms with E-state index in [1.807, 2.05) is 0 Å². The van der Waals surface area contributed by atoms with Crippen LogP contribution in [-0.4, -0.2) is 24.3 Å². The van der Waals surface area contributed by atoms with Crippen LogP contribution in [0.1, 0.15) is 19.3 Å². The zero-order valence-electron chi connectivity index (χ0n) is 8.34. The quantitative estimate of drug-likeness (QED) is 0.346. The van der Waals surface area contributed by atoms with Gasteiger partial charge in [-0.3, -0.25) is 9.63 Å². The minimum atomic E-state index is -3.24. The van der Waals surface area contributed by atoms with Crippen molar-refractivity contribution < 1.29 is 38.3 Å². The van der Waals surface area contributed by atoms with E-state index < -0.39 is 8.77 Å². The van der Waals surface area contributed by atoms with Crippen molar-refractivity contribution in [2.75, 3.05) is 5.75 Å². The summed E-state index contributed by atoms with van der Waals surface area (Å²) in [5.41, 5.74) is 4.54. The van der Waals surface area contributed by atoms with Gasteiger partial charge in [0, 0.05) is 5.75 Å². The Morgan fingerprint density at radius 1 is 1.67 bits per heavy atom. The van der Waals surface area contributed by atoms with Crippen LogP contribution in [0.3, 0.4) is 0 Å². The molecule has 1 aliphatic heterocycles. The summed E-state index contributed by atoms with van der Waals surface area (Å²) in [6, 6.07) is 0. The molecule has 0 saturated carbocycles. The van der Waals surface area contributed by atoms with Crippen LogP contribution >= 0.6 is 24.4 Å². The molecule has 2 atom stereocenters. The number of hydrazone groups is 1. The van der Waals surface area contributed by atoms with Gasteiger partial charge in [-0.05, 0) is 39.2 Å². The minimum Gasteiger partial charge on any atom is -0.769 e. The summed E-state index contributed by atoms with van der Waals surface area (Å²) in [6.45, 7) is 0. The van der Waals surface area contributed by atoms with E-state index in [-0.39, 0.29) is 39.5 Å². The van der Waals surface area contributed by atoms with Crippen LogP contribution in [0.5, 0.6) is 0 Å². The number of thioether (sulfide) groups is 1. The molecular formula is C6H11N2NaO2S4. The zero-order chi connectivity index (χ0) is 10.7. The maximum absolute atomic E-state index is 10.7. The average molecular weight is 294 g/mol. The fourth-order valence-corrected chi connectivity index (χ4v) is 2.94. The molecule has 0 aliphatic carbocycles. The Morgan fingerprint density at radius 2 is 2.33 bits per heavy atom. The normalized spacial score (nSPS) is 27.9. The molecule has 0 aromatic heterocycles. The van der Waals surface area contributed by atoms with Crippen molar-refractivity contribution in [2.45, 2.75) is 23.5 Å². The van der Waals surface area contributed by atoms with Gasteiger partial charge in [0.15, 0.2) is 0 Å². The van der Waals surface area contributed by atoms with Crippen molar-refractivity contribution in [3.05, 3.63) is 0 Å². The average Bonchev–Trinajstić information content (AvgIpc) is 2.45. The van der Waals surface area contributed by atoms with Crippen molar-refractivity contribution in [2.24, 2.45) is 5.10 Å². The fraction of sp³-hybridized carbons (Fsp3) is 0.833. The molecule has 0 aromatic rings. The van der Waals surface area contributed by atoms with E-state index in [0.717, 1.165) is 12.8 Å². The van der Waals surface area contributed by atoms with Crippen molar-refractivity contribution >= 4 is 49.9 Å². The van der Waals surface area contributed by atoms with Crippen LogP contribution in [0.2, 0.25) is 0 Å². The standard InChI is InChI=1S/C6H12N2O2S4.Na/c9-14(10,12)4-2-1-3-6(11)8-7-5-13-6;/h5,8,11H,1-4H2,(H,9,10,12);/q;+1/p-1. The van der Waals surface area contributed by atoms with Gasteiger partial charge in [-0.2, -0.15) is 5.10 Å². The smallest absolute Gasteiger partial charge is 0.769 e. The second-order valence-electron chi connectivity index (χ2n) is 2.97. The first-order valence-electron chi connectivity index (χ1n) is 4.04. The van der Waals surface area contributed by atoms with Gasteiger partial charge in [0.05, 0.1) is 5.55 Å². The van der Waals surface area contributed by atoms with Crippen LogP contribution in [0.4, 0.5) is 0 Å². The van der Waals surface area contributed by atoms with Gasteiger partial charge in [0.25, 0.3) is 0 Å². The summed E-state index contributed by atoms with van der Waals surface area (Å²) < 4.78 is 20.9. The Morgan fingerprint density at radius 3 is 2.80 bits per heavy atom. The van der Waals surface area contributed by atoms with Crippen LogP contribution in [-0.2, 0) is 20.0 Å². The summed E-state index contributed by atoms with van der Waals surface area (Å²) in [5, 5.41) is 3.84. The van der Waals surface area contributed by atoms with E-state index >= 15 is 0 Å². The Balaban J connectivity index is 0.00000196. The molecule has 0 saturated heterocycles. The third-order valence-electron chi connectivity index (χ3n) is 1.70. The Labute approximate surface area is 127 Å². The van der Waals surface area contributed by atoms with Gasteiger partial charge in [-0.25, -0.2) is 0 Å². The molecule has 0 aromatic carbocycles. The predicted molar refractivity (Wildman–Crippen MR) is 65.9 cm³/mol. The van der Waals surface area contributed by atoms with Crippen LogP contribution in [0.25, 0.3) is 0 Å². The SMILES string of the molecule is O=S([O-])(=S)CCCCC1(S)NN=CS1.[Na+]. The van der Waals surface area contributed by atoms with E-state index in [9.17, 15) is 8.76 Å². The maximum atomic E-state index is 10.7. The van der Waals surface area contributed by atoms with Gasteiger partial charge in [-0.1, -0.05) is 11.8 Å². The molecule has 15 heavy (non-hydrogen) atoms. The molecule has 0 bridgehead atoms. The number of nitrogens with one attached hydrogen (secondary N) is 1. The second-order valence-corrected chi connectivity index (χ2v) is 8.22. The Bertz CT molecular complexity index is 311. The molecule has 9 heteroatoms. The van der Waals surface area contributed by atoms with Crippen molar-refractivity contribution in [1.82, 2.24) is 5.43 Å². The Hall–Kier alpha value is 1.50. The third-order valence-corrected chi connectivity index (χ3v) is 4.52. The molecule has 1 heterocycles. The van der Waals surface area contributed by atoms with Gasteiger partial charge in [0.1, 0.15) is 4.20 Å². The molecule has 4 nitrogen and oxygen atoms in total. The van der Waals surface area contributed by atoms with E-state index in [0.29, 0.717) is 6.42 Å². The van der Waals surface area contributed by atoms with E-state index in [2.05, 4.69) is 34.3 Å². The minimum absolute atomic E-state index is 0. The van der Waals surface area contributed by atoms with E-state index in [1.54, 1.807) is 5.55 Å². The van der Waals surface area contributed by atoms with Gasteiger partial charge in [0.2, 0.25) is 0 Å². The van der Waals surface area contributed by atoms with Crippen molar-refractivity contribution in [1.29, 1.82) is 0 Å². The largest absolute Gasteiger partial charge is 1.00 e. The third kappa shape index (κ3) is 7.43. The first kappa shape index (κ1) is 16.5. The molecular weight excluding hydrogens is 283 g/mol. The summed E-state index contributed by atoms with van der Waals surface area (Å²) in [7, 11) is -3.24. The fourth-order valence-electron chi connectivity index (χ4n) is 1.03. The second kappa shape index (κ2) is 7.05. The van der Waals surface area contributed by atoms with E-state index in [4.69, 9.17) is 0 Å². The molecule has 1 aliphatic rings. The van der Waals surface area contributed by atoms with Crippen molar-refractivity contribution in [3.8, 4) is 0 Å². The number of hydrogen-bond acceptors (Lipinski definition) is 7. The van der Waals surface area contributed by atoms with Crippen LogP contribution in [0, 0.1) is 0 Å². The van der Waals surface area contributed by atoms with Crippen molar-refractivity contribution in [3.63, 3.8) is 0 Å². The maximum Gasteiger partial charge on any atom is 1.00 e. The van der Waals surface area contributed by atoms with Crippen LogP contribution < -0.4 is 35.0 Å². The number of hydrogen-bond donors (Lipinski definition) is 2. The first-order chi connectivity index (χ1) is 6.41. The van der Waals surface area contributed by atoms with Gasteiger partial charge >= 0.3 is 29.6 Å². The van der Waals surface area contributed by atoms with E-state index in [1.165, 1.54) is 11.8 Å². The molecule has 1 N–H and O–H groups in total. The molecule has 2 unspecified atom stereocenters. The monoisotopic (exact) mass is 294 g/mol. The summed E-state index contributed by atoms with van der Waals surface area (Å²) in [6.07, 6.45) is 2.10. The number of nitrogens with zero attached hydrogens (tertiary/aromatic N) is 1.